The Morgan fingerprint density at radius 3 is 2.27 bits per heavy atom. The van der Waals surface area contributed by atoms with Crippen molar-refractivity contribution in [3.8, 4) is 0 Å². The average molecular weight is 515 g/mol. The Hall–Kier alpha value is -0.750. The Morgan fingerprint density at radius 1 is 0.946 bits per heavy atom. The van der Waals surface area contributed by atoms with Crippen molar-refractivity contribution in [2.75, 3.05) is 14.2 Å². The Balaban J connectivity index is 1.33. The summed E-state index contributed by atoms with van der Waals surface area (Å²) < 4.78 is 24.8. The lowest BCUT2D eigenvalue weighted by molar-refractivity contribution is -0.268. The van der Waals surface area contributed by atoms with Gasteiger partial charge in [0.15, 0.2) is 6.29 Å². The van der Waals surface area contributed by atoms with Crippen LogP contribution in [0.25, 0.3) is 0 Å². The van der Waals surface area contributed by atoms with Gasteiger partial charge in [0.1, 0.15) is 11.9 Å². The number of Topliss-reactive ketones (excluding diaryl/α,β-unsaturated/α-hetero) is 1. The number of carbonyl (C=O) groups is 1. The predicted molar refractivity (Wildman–Crippen MR) is 143 cm³/mol. The van der Waals surface area contributed by atoms with Crippen LogP contribution in [0.4, 0.5) is 0 Å². The number of allylic oxidation sites excluding steroid dienone is 2. The first-order valence-corrected chi connectivity index (χ1v) is 14.9. The highest BCUT2D eigenvalue weighted by atomic mass is 16.8. The summed E-state index contributed by atoms with van der Waals surface area (Å²) in [6, 6.07) is 0. The van der Waals surface area contributed by atoms with E-state index in [-0.39, 0.29) is 45.6 Å². The molecule has 0 spiro atoms. The molecule has 0 aromatic carbocycles. The van der Waals surface area contributed by atoms with Crippen molar-refractivity contribution in [3.63, 3.8) is 0 Å². The van der Waals surface area contributed by atoms with Gasteiger partial charge < -0.3 is 18.9 Å². The lowest BCUT2D eigenvalue weighted by Gasteiger charge is -2.63. The van der Waals surface area contributed by atoms with Crippen LogP contribution in [0.15, 0.2) is 11.6 Å². The summed E-state index contributed by atoms with van der Waals surface area (Å²) in [5.74, 6) is 1.57. The van der Waals surface area contributed by atoms with Gasteiger partial charge in [0, 0.05) is 38.4 Å². The molecule has 2 saturated heterocycles. The number of carbonyl (C=O) groups excluding carboxylic acids is 1. The van der Waals surface area contributed by atoms with E-state index in [1.54, 1.807) is 19.8 Å². The summed E-state index contributed by atoms with van der Waals surface area (Å²) in [7, 11) is 3.55. The first-order valence-electron chi connectivity index (χ1n) is 14.9. The minimum atomic E-state index is -0.730. The van der Waals surface area contributed by atoms with Gasteiger partial charge in [-0.25, -0.2) is 0 Å². The number of hydrogen-bond acceptors (Lipinski definition) is 5. The van der Waals surface area contributed by atoms with E-state index in [2.05, 4.69) is 54.5 Å². The second-order valence-electron chi connectivity index (χ2n) is 15.3. The third kappa shape index (κ3) is 3.27. The Kier molecular flexibility index (Phi) is 5.67. The smallest absolute Gasteiger partial charge is 0.200 e. The zero-order chi connectivity index (χ0) is 26.8. The molecule has 0 aromatic heterocycles. The summed E-state index contributed by atoms with van der Waals surface area (Å²) >= 11 is 0. The summed E-state index contributed by atoms with van der Waals surface area (Å²) in [4.78, 5) is 12.9. The van der Waals surface area contributed by atoms with Gasteiger partial charge in [-0.2, -0.15) is 0 Å². The third-order valence-corrected chi connectivity index (χ3v) is 13.3. The molecule has 4 unspecified atom stereocenters. The quantitative estimate of drug-likeness (QED) is 0.309. The van der Waals surface area contributed by atoms with Gasteiger partial charge in [0.2, 0.25) is 5.79 Å². The maximum atomic E-state index is 12.9. The van der Waals surface area contributed by atoms with Gasteiger partial charge in [-0.3, -0.25) is 4.79 Å². The number of rotatable bonds is 4. The molecule has 37 heavy (non-hydrogen) atoms. The number of epoxide rings is 1. The summed E-state index contributed by atoms with van der Waals surface area (Å²) in [5.41, 5.74) is 1.85. The molecular weight excluding hydrogens is 464 g/mol. The first-order chi connectivity index (χ1) is 17.2. The van der Waals surface area contributed by atoms with Crippen LogP contribution in [0.5, 0.6) is 0 Å². The molecule has 0 bridgehead atoms. The zero-order valence-corrected chi connectivity index (χ0v) is 24.7. The SMILES string of the molecule is COC1OC(OC)(C2OC2(C)C)C[C@H]1[C@@H]1CC[C@]2(C)C3=CCC4C(C)(C)C(=O)CC[C@]4(C)[C@H]3CC[C@@]12C. The average Bonchev–Trinajstić information content (AvgIpc) is 3.20. The van der Waals surface area contributed by atoms with Gasteiger partial charge in [0.05, 0.1) is 5.60 Å². The Labute approximate surface area is 224 Å². The van der Waals surface area contributed by atoms with Crippen molar-refractivity contribution in [2.45, 2.75) is 124 Å². The van der Waals surface area contributed by atoms with E-state index in [4.69, 9.17) is 18.9 Å². The fourth-order valence-electron chi connectivity index (χ4n) is 10.8. The number of ketones is 1. The Bertz CT molecular complexity index is 1010. The first kappa shape index (κ1) is 26.5. The van der Waals surface area contributed by atoms with Crippen LogP contribution in [0, 0.1) is 45.3 Å². The van der Waals surface area contributed by atoms with E-state index < -0.39 is 5.79 Å². The molecule has 4 aliphatic carbocycles. The molecule has 0 aromatic rings. The summed E-state index contributed by atoms with van der Waals surface area (Å²) in [6.07, 6.45) is 10.8. The fourth-order valence-corrected chi connectivity index (χ4v) is 10.8. The van der Waals surface area contributed by atoms with Crippen molar-refractivity contribution < 1.29 is 23.7 Å². The number of fused-ring (bicyclic) bond motifs is 5. The highest BCUT2D eigenvalue weighted by Gasteiger charge is 2.71. The summed E-state index contributed by atoms with van der Waals surface area (Å²) in [5, 5.41) is 0. The maximum Gasteiger partial charge on any atom is 0.200 e. The molecular formula is C32H50O5. The minimum Gasteiger partial charge on any atom is -0.361 e. The molecule has 6 rings (SSSR count). The van der Waals surface area contributed by atoms with Gasteiger partial charge in [-0.15, -0.1) is 0 Å². The molecule has 10 atom stereocenters. The maximum absolute atomic E-state index is 12.9. The van der Waals surface area contributed by atoms with E-state index in [9.17, 15) is 4.79 Å². The van der Waals surface area contributed by atoms with Crippen LogP contribution in [-0.4, -0.2) is 43.8 Å². The van der Waals surface area contributed by atoms with Crippen LogP contribution in [0.3, 0.4) is 0 Å². The summed E-state index contributed by atoms with van der Waals surface area (Å²) in [6.45, 7) is 16.3. The van der Waals surface area contributed by atoms with Crippen molar-refractivity contribution in [1.29, 1.82) is 0 Å². The van der Waals surface area contributed by atoms with Crippen LogP contribution in [-0.2, 0) is 23.7 Å². The highest BCUT2D eigenvalue weighted by Crippen LogP contribution is 2.74. The van der Waals surface area contributed by atoms with Gasteiger partial charge >= 0.3 is 0 Å². The fraction of sp³-hybridized carbons (Fsp3) is 0.906. The van der Waals surface area contributed by atoms with Crippen LogP contribution in [0.2, 0.25) is 0 Å². The number of ether oxygens (including phenoxy) is 4. The van der Waals surface area contributed by atoms with Gasteiger partial charge in [-0.05, 0) is 86.4 Å². The lowest BCUT2D eigenvalue weighted by atomic mass is 9.41. The van der Waals surface area contributed by atoms with Crippen molar-refractivity contribution in [1.82, 2.24) is 0 Å². The molecule has 5 nitrogen and oxygen atoms in total. The standard InChI is InChI=1S/C32H50O5/c1-27(2)23-11-10-22-21(29(23,5)15-14-24(27)33)13-17-30(6)20(12-16-31(22,30)7)19-18-32(35-9,36-25(19)34-8)26-28(3,4)37-26/h10,19-21,23,25-26H,11-18H2,1-9H3/t19-,20-,21-,23?,25?,26?,29+,30-,31+,32?/m0/s1. The molecule has 6 aliphatic rings. The van der Waals surface area contributed by atoms with Gasteiger partial charge in [-0.1, -0.05) is 46.3 Å². The minimum absolute atomic E-state index is 0.0562. The second kappa shape index (κ2) is 7.92. The van der Waals surface area contributed by atoms with E-state index in [1.807, 2.05) is 0 Å². The van der Waals surface area contributed by atoms with Crippen molar-refractivity contribution in [3.05, 3.63) is 11.6 Å². The van der Waals surface area contributed by atoms with E-state index in [0.29, 0.717) is 23.5 Å². The normalized spacial score (nSPS) is 53.8. The van der Waals surface area contributed by atoms with Gasteiger partial charge in [0.25, 0.3) is 0 Å². The zero-order valence-electron chi connectivity index (χ0n) is 24.7. The molecule has 0 N–H and O–H groups in total. The molecule has 5 heteroatoms. The predicted octanol–water partition coefficient (Wildman–Crippen LogP) is 6.69. The molecule has 2 aliphatic heterocycles. The van der Waals surface area contributed by atoms with Crippen LogP contribution < -0.4 is 0 Å². The highest BCUT2D eigenvalue weighted by molar-refractivity contribution is 5.85. The van der Waals surface area contributed by atoms with E-state index >= 15 is 0 Å². The lowest BCUT2D eigenvalue weighted by Crippen LogP contribution is -2.57. The molecule has 5 fully saturated rings. The van der Waals surface area contributed by atoms with E-state index in [0.717, 1.165) is 25.7 Å². The largest absolute Gasteiger partial charge is 0.361 e. The van der Waals surface area contributed by atoms with E-state index in [1.165, 1.54) is 25.7 Å². The molecule has 208 valence electrons. The molecule has 0 radical (unpaired) electrons. The second-order valence-corrected chi connectivity index (χ2v) is 15.3. The molecule has 3 saturated carbocycles. The van der Waals surface area contributed by atoms with Crippen LogP contribution in [0.1, 0.15) is 99.8 Å². The molecule has 2 heterocycles. The molecule has 0 amide bonds. The third-order valence-electron chi connectivity index (χ3n) is 13.3. The topological polar surface area (TPSA) is 57.3 Å². The Morgan fingerprint density at radius 2 is 1.65 bits per heavy atom. The monoisotopic (exact) mass is 514 g/mol. The van der Waals surface area contributed by atoms with Crippen molar-refractivity contribution in [2.24, 2.45) is 45.3 Å². The van der Waals surface area contributed by atoms with Crippen molar-refractivity contribution >= 4 is 5.78 Å². The number of hydrogen-bond donors (Lipinski definition) is 0. The van der Waals surface area contributed by atoms with Crippen LogP contribution >= 0.6 is 0 Å². The number of methoxy groups -OCH3 is 2.